The zero-order valence-corrected chi connectivity index (χ0v) is 15.1. The number of nitrogens with zero attached hydrogens (tertiary/aromatic N) is 4. The van der Waals surface area contributed by atoms with Gasteiger partial charge in [-0.3, -0.25) is 0 Å². The maximum Gasteiger partial charge on any atom is 0.421 e. The molecule has 4 heterocycles. The van der Waals surface area contributed by atoms with Gasteiger partial charge in [-0.25, -0.2) is 9.67 Å². The summed E-state index contributed by atoms with van der Waals surface area (Å²) in [5.41, 5.74) is -0.293. The van der Waals surface area contributed by atoms with Crippen molar-refractivity contribution in [2.24, 2.45) is 5.92 Å². The SMILES string of the molecule is C=CCn1nc(C)c2c1Nc1ncc(C(F)(F)F)c(n1)N[C@@H]1COC[C@H]1CO2. The lowest BCUT2D eigenvalue weighted by molar-refractivity contribution is -0.137. The number of halogens is 3. The third-order valence-corrected chi connectivity index (χ3v) is 4.66. The number of alkyl halides is 3. The zero-order chi connectivity index (χ0) is 19.9. The van der Waals surface area contributed by atoms with E-state index in [9.17, 15) is 13.2 Å². The van der Waals surface area contributed by atoms with Gasteiger partial charge >= 0.3 is 6.18 Å². The predicted octanol–water partition coefficient (Wildman–Crippen LogP) is 2.75. The van der Waals surface area contributed by atoms with Gasteiger partial charge in [-0.05, 0) is 6.92 Å². The molecule has 11 heteroatoms. The minimum atomic E-state index is -4.58. The van der Waals surface area contributed by atoms with Gasteiger partial charge in [0.25, 0.3) is 0 Å². The van der Waals surface area contributed by atoms with Crippen molar-refractivity contribution in [3.63, 3.8) is 0 Å². The second-order valence-electron chi connectivity index (χ2n) is 6.67. The molecule has 2 aromatic rings. The van der Waals surface area contributed by atoms with Crippen molar-refractivity contribution in [1.82, 2.24) is 19.7 Å². The Bertz CT molecular complexity index is 898. The number of nitrogens with one attached hydrogen (secondary N) is 2. The van der Waals surface area contributed by atoms with E-state index in [1.165, 1.54) is 0 Å². The summed E-state index contributed by atoms with van der Waals surface area (Å²) in [4.78, 5) is 7.92. The molecule has 150 valence electrons. The number of aromatic nitrogens is 4. The summed E-state index contributed by atoms with van der Waals surface area (Å²) in [5, 5.41) is 10.2. The lowest BCUT2D eigenvalue weighted by Crippen LogP contribution is -2.33. The molecule has 2 aromatic heterocycles. The van der Waals surface area contributed by atoms with Gasteiger partial charge in [-0.15, -0.1) is 6.58 Å². The molecule has 8 nitrogen and oxygen atoms in total. The maximum atomic E-state index is 13.4. The summed E-state index contributed by atoms with van der Waals surface area (Å²) in [6.07, 6.45) is -2.16. The minimum absolute atomic E-state index is 0.00271. The highest BCUT2D eigenvalue weighted by atomic mass is 19.4. The molecule has 1 saturated heterocycles. The number of aryl methyl sites for hydroxylation is 1. The van der Waals surface area contributed by atoms with Gasteiger partial charge in [-0.1, -0.05) is 6.08 Å². The highest BCUT2D eigenvalue weighted by Crippen LogP contribution is 2.37. The molecule has 0 amide bonds. The van der Waals surface area contributed by atoms with Crippen LogP contribution in [0.1, 0.15) is 11.3 Å². The molecule has 0 aliphatic carbocycles. The summed E-state index contributed by atoms with van der Waals surface area (Å²) in [7, 11) is 0. The van der Waals surface area contributed by atoms with Crippen molar-refractivity contribution in [3.05, 3.63) is 30.1 Å². The Kier molecular flexibility index (Phi) is 4.61. The quantitative estimate of drug-likeness (QED) is 0.755. The first-order valence-electron chi connectivity index (χ1n) is 8.73. The molecule has 1 fully saturated rings. The number of hydrogen-bond donors (Lipinski definition) is 2. The first-order chi connectivity index (χ1) is 13.4. The van der Waals surface area contributed by atoms with E-state index in [0.717, 1.165) is 6.20 Å². The third kappa shape index (κ3) is 3.37. The Morgan fingerprint density at radius 1 is 1.36 bits per heavy atom. The average molecular weight is 396 g/mol. The van der Waals surface area contributed by atoms with Crippen molar-refractivity contribution in [2.45, 2.75) is 25.7 Å². The van der Waals surface area contributed by atoms with Crippen molar-refractivity contribution >= 4 is 17.6 Å². The molecule has 2 aliphatic heterocycles. The zero-order valence-electron chi connectivity index (χ0n) is 15.1. The van der Waals surface area contributed by atoms with Crippen LogP contribution in [0, 0.1) is 12.8 Å². The highest BCUT2D eigenvalue weighted by Gasteiger charge is 2.38. The van der Waals surface area contributed by atoms with Crippen LogP contribution in [0.15, 0.2) is 18.9 Å². The van der Waals surface area contributed by atoms with Crippen molar-refractivity contribution in [3.8, 4) is 5.75 Å². The number of rotatable bonds is 2. The summed E-state index contributed by atoms with van der Waals surface area (Å²) in [6, 6.07) is -0.367. The van der Waals surface area contributed by atoms with Crippen LogP contribution in [0.5, 0.6) is 5.75 Å². The number of anilines is 3. The lowest BCUT2D eigenvalue weighted by atomic mass is 10.0. The Hall–Kier alpha value is -2.82. The minimum Gasteiger partial charge on any atom is -0.487 e. The van der Waals surface area contributed by atoms with Crippen molar-refractivity contribution in [2.75, 3.05) is 30.5 Å². The van der Waals surface area contributed by atoms with Gasteiger partial charge in [0.2, 0.25) is 5.95 Å². The predicted molar refractivity (Wildman–Crippen MR) is 94.7 cm³/mol. The van der Waals surface area contributed by atoms with Crippen LogP contribution < -0.4 is 15.4 Å². The average Bonchev–Trinajstić information content (AvgIpc) is 3.17. The molecule has 2 bridgehead atoms. The summed E-state index contributed by atoms with van der Waals surface area (Å²) < 4.78 is 53.3. The first-order valence-corrected chi connectivity index (χ1v) is 8.73. The summed E-state index contributed by atoms with van der Waals surface area (Å²) >= 11 is 0. The van der Waals surface area contributed by atoms with E-state index in [1.54, 1.807) is 17.7 Å². The Morgan fingerprint density at radius 3 is 2.93 bits per heavy atom. The van der Waals surface area contributed by atoms with E-state index in [0.29, 0.717) is 30.4 Å². The molecular weight excluding hydrogens is 377 g/mol. The topological polar surface area (TPSA) is 86.1 Å². The molecule has 2 atom stereocenters. The molecule has 28 heavy (non-hydrogen) atoms. The van der Waals surface area contributed by atoms with Gasteiger partial charge in [-0.2, -0.15) is 23.3 Å². The van der Waals surface area contributed by atoms with E-state index < -0.39 is 11.7 Å². The summed E-state index contributed by atoms with van der Waals surface area (Å²) in [5.74, 6) is 0.524. The first kappa shape index (κ1) is 18.5. The van der Waals surface area contributed by atoms with Gasteiger partial charge < -0.3 is 20.1 Å². The van der Waals surface area contributed by atoms with Crippen LogP contribution in [0.25, 0.3) is 0 Å². The maximum absolute atomic E-state index is 13.4. The van der Waals surface area contributed by atoms with Gasteiger partial charge in [0.05, 0.1) is 32.4 Å². The van der Waals surface area contributed by atoms with Gasteiger partial charge in [0.1, 0.15) is 17.1 Å². The Balaban J connectivity index is 1.83. The molecule has 4 rings (SSSR count). The Labute approximate surface area is 158 Å². The smallest absolute Gasteiger partial charge is 0.421 e. The van der Waals surface area contributed by atoms with Crippen molar-refractivity contribution in [1.29, 1.82) is 0 Å². The second-order valence-corrected chi connectivity index (χ2v) is 6.67. The highest BCUT2D eigenvalue weighted by molar-refractivity contribution is 5.62. The monoisotopic (exact) mass is 396 g/mol. The standard InChI is InChI=1S/C17H19F3N6O2/c1-3-4-26-15-13(9(2)25-26)28-7-10-6-27-8-12(10)22-14-11(17(18,19)20)5-21-16(23-14)24-15/h3,5,10,12H,1,4,6-8H2,2H3,(H2,21,22,23,24)/t10-,12+/m0/s1. The molecule has 0 spiro atoms. The number of hydrogen-bond acceptors (Lipinski definition) is 7. The van der Waals surface area contributed by atoms with Crippen LogP contribution in [0.2, 0.25) is 0 Å². The van der Waals surface area contributed by atoms with Crippen LogP contribution in [-0.2, 0) is 17.5 Å². The fraction of sp³-hybridized carbons (Fsp3) is 0.471. The molecule has 2 N–H and O–H groups in total. The molecule has 0 saturated carbocycles. The molecule has 2 aliphatic rings. The molecular formula is C17H19F3N6O2. The Morgan fingerprint density at radius 2 is 2.18 bits per heavy atom. The summed E-state index contributed by atoms with van der Waals surface area (Å²) in [6.45, 7) is 6.77. The van der Waals surface area contributed by atoms with E-state index in [2.05, 4.69) is 32.3 Å². The molecule has 0 aromatic carbocycles. The van der Waals surface area contributed by atoms with Crippen molar-refractivity contribution < 1.29 is 22.6 Å². The third-order valence-electron chi connectivity index (χ3n) is 4.66. The number of allylic oxidation sites excluding steroid dienone is 1. The second kappa shape index (κ2) is 6.97. The van der Waals surface area contributed by atoms with Crippen LogP contribution >= 0.6 is 0 Å². The van der Waals surface area contributed by atoms with Crippen LogP contribution in [-0.4, -0.2) is 45.6 Å². The molecule has 0 unspecified atom stereocenters. The van der Waals surface area contributed by atoms with E-state index >= 15 is 0 Å². The fourth-order valence-electron chi connectivity index (χ4n) is 3.27. The largest absolute Gasteiger partial charge is 0.487 e. The number of fused-ring (bicyclic) bond motifs is 4. The van der Waals surface area contributed by atoms with Crippen LogP contribution in [0.4, 0.5) is 30.8 Å². The van der Waals surface area contributed by atoms with E-state index in [-0.39, 0.29) is 36.9 Å². The normalized spacial score (nSPS) is 21.4. The van der Waals surface area contributed by atoms with Gasteiger partial charge in [0.15, 0.2) is 11.6 Å². The number of ether oxygens (including phenoxy) is 2. The lowest BCUT2D eigenvalue weighted by Gasteiger charge is -2.21. The van der Waals surface area contributed by atoms with E-state index in [1.807, 2.05) is 0 Å². The molecule has 0 radical (unpaired) electrons. The van der Waals surface area contributed by atoms with E-state index in [4.69, 9.17) is 9.47 Å². The van der Waals surface area contributed by atoms with Gasteiger partial charge in [0, 0.05) is 12.1 Å². The van der Waals surface area contributed by atoms with Crippen LogP contribution in [0.3, 0.4) is 0 Å². The fourth-order valence-corrected chi connectivity index (χ4v) is 3.27.